The van der Waals surface area contributed by atoms with Crippen LogP contribution in [0.1, 0.15) is 19.8 Å². The second kappa shape index (κ2) is 5.27. The van der Waals surface area contributed by atoms with Crippen LogP contribution in [0, 0.1) is 0 Å². The van der Waals surface area contributed by atoms with Crippen molar-refractivity contribution < 1.29 is 14.3 Å². The van der Waals surface area contributed by atoms with Gasteiger partial charge in [-0.2, -0.15) is 12.6 Å². The Bertz CT molecular complexity index is 312. The molecule has 2 fully saturated rings. The standard InChI is InChI=1S/C11H18N2O3S/c1-7(14)12-10(6-17)11(15)13-4-8-2-3-9(5-13)16-8/h8-10,17H,2-6H2,1H3,(H,12,14). The third kappa shape index (κ3) is 2.93. The molecule has 2 rings (SSSR count). The first kappa shape index (κ1) is 12.7. The van der Waals surface area contributed by atoms with Gasteiger partial charge in [0.05, 0.1) is 12.2 Å². The lowest BCUT2D eigenvalue weighted by molar-refractivity contribution is -0.143. The SMILES string of the molecule is CC(=O)NC(CS)C(=O)N1CC2CCC(C1)O2. The average molecular weight is 258 g/mol. The van der Waals surface area contributed by atoms with E-state index in [0.29, 0.717) is 18.8 Å². The Kier molecular flexibility index (Phi) is 3.93. The van der Waals surface area contributed by atoms with Crippen molar-refractivity contribution in [1.29, 1.82) is 0 Å². The van der Waals surface area contributed by atoms with Gasteiger partial charge < -0.3 is 15.0 Å². The number of hydrogen-bond acceptors (Lipinski definition) is 4. The highest BCUT2D eigenvalue weighted by molar-refractivity contribution is 7.80. The molecule has 5 nitrogen and oxygen atoms in total. The number of rotatable bonds is 3. The van der Waals surface area contributed by atoms with Crippen LogP contribution in [0.3, 0.4) is 0 Å². The molecule has 2 heterocycles. The number of carbonyl (C=O) groups excluding carboxylic acids is 2. The Morgan fingerprint density at radius 3 is 2.47 bits per heavy atom. The second-order valence-electron chi connectivity index (χ2n) is 4.64. The van der Waals surface area contributed by atoms with Crippen LogP contribution in [0.5, 0.6) is 0 Å². The number of fused-ring (bicyclic) bond motifs is 2. The van der Waals surface area contributed by atoms with E-state index in [2.05, 4.69) is 17.9 Å². The summed E-state index contributed by atoms with van der Waals surface area (Å²) in [5.41, 5.74) is 0. The van der Waals surface area contributed by atoms with Crippen molar-refractivity contribution in [3.05, 3.63) is 0 Å². The first-order valence-electron chi connectivity index (χ1n) is 5.92. The molecule has 3 unspecified atom stereocenters. The lowest BCUT2D eigenvalue weighted by Crippen LogP contribution is -2.54. The molecular weight excluding hydrogens is 240 g/mol. The Morgan fingerprint density at radius 2 is 2.00 bits per heavy atom. The van der Waals surface area contributed by atoms with Gasteiger partial charge in [-0.1, -0.05) is 0 Å². The zero-order valence-electron chi connectivity index (χ0n) is 9.89. The van der Waals surface area contributed by atoms with Crippen LogP contribution in [0.15, 0.2) is 0 Å². The molecule has 17 heavy (non-hydrogen) atoms. The van der Waals surface area contributed by atoms with Crippen molar-refractivity contribution in [3.8, 4) is 0 Å². The first-order valence-corrected chi connectivity index (χ1v) is 6.55. The van der Waals surface area contributed by atoms with E-state index in [1.807, 2.05) is 0 Å². The van der Waals surface area contributed by atoms with Crippen molar-refractivity contribution in [2.45, 2.75) is 38.0 Å². The average Bonchev–Trinajstić information content (AvgIpc) is 2.64. The predicted molar refractivity (Wildman–Crippen MR) is 65.9 cm³/mol. The normalized spacial score (nSPS) is 28.9. The molecule has 2 saturated heterocycles. The van der Waals surface area contributed by atoms with Crippen molar-refractivity contribution in [2.24, 2.45) is 0 Å². The summed E-state index contributed by atoms with van der Waals surface area (Å²) in [6.07, 6.45) is 2.41. The zero-order chi connectivity index (χ0) is 12.4. The maximum Gasteiger partial charge on any atom is 0.246 e. The molecule has 0 radical (unpaired) electrons. The monoisotopic (exact) mass is 258 g/mol. The van der Waals surface area contributed by atoms with E-state index in [0.717, 1.165) is 12.8 Å². The van der Waals surface area contributed by atoms with Crippen molar-refractivity contribution in [3.63, 3.8) is 0 Å². The lowest BCUT2D eigenvalue weighted by atomic mass is 10.2. The number of likely N-dealkylation sites (tertiary alicyclic amines) is 1. The number of hydrogen-bond donors (Lipinski definition) is 2. The fourth-order valence-corrected chi connectivity index (χ4v) is 2.69. The Labute approximate surface area is 106 Å². The van der Waals surface area contributed by atoms with Gasteiger partial charge in [0.1, 0.15) is 6.04 Å². The fraction of sp³-hybridized carbons (Fsp3) is 0.818. The minimum absolute atomic E-state index is 0.0459. The largest absolute Gasteiger partial charge is 0.371 e. The topological polar surface area (TPSA) is 58.6 Å². The lowest BCUT2D eigenvalue weighted by Gasteiger charge is -2.34. The summed E-state index contributed by atoms with van der Waals surface area (Å²) in [4.78, 5) is 25.0. The molecule has 0 aliphatic carbocycles. The smallest absolute Gasteiger partial charge is 0.246 e. The number of morpholine rings is 1. The summed E-state index contributed by atoms with van der Waals surface area (Å²) < 4.78 is 5.67. The molecule has 2 aliphatic heterocycles. The zero-order valence-corrected chi connectivity index (χ0v) is 10.8. The summed E-state index contributed by atoms with van der Waals surface area (Å²) >= 11 is 4.12. The number of nitrogens with one attached hydrogen (secondary N) is 1. The minimum Gasteiger partial charge on any atom is -0.371 e. The van der Waals surface area contributed by atoms with Gasteiger partial charge in [0.25, 0.3) is 0 Å². The van der Waals surface area contributed by atoms with Crippen LogP contribution >= 0.6 is 12.6 Å². The van der Waals surface area contributed by atoms with E-state index < -0.39 is 6.04 Å². The van der Waals surface area contributed by atoms with E-state index in [1.165, 1.54) is 6.92 Å². The van der Waals surface area contributed by atoms with Crippen molar-refractivity contribution in [2.75, 3.05) is 18.8 Å². The Hall–Kier alpha value is -0.750. The number of amides is 2. The van der Waals surface area contributed by atoms with Crippen molar-refractivity contribution in [1.82, 2.24) is 10.2 Å². The predicted octanol–water partition coefficient (Wildman–Crippen LogP) is -0.189. The van der Waals surface area contributed by atoms with Crippen LogP contribution in [-0.2, 0) is 14.3 Å². The van der Waals surface area contributed by atoms with Gasteiger partial charge >= 0.3 is 0 Å². The molecule has 0 aromatic heterocycles. The summed E-state index contributed by atoms with van der Waals surface area (Å²) in [6, 6.07) is -0.520. The highest BCUT2D eigenvalue weighted by Gasteiger charge is 2.37. The van der Waals surface area contributed by atoms with Gasteiger partial charge in [-0.05, 0) is 12.8 Å². The van der Waals surface area contributed by atoms with Gasteiger partial charge in [-0.25, -0.2) is 0 Å². The quantitative estimate of drug-likeness (QED) is 0.690. The van der Waals surface area contributed by atoms with E-state index in [4.69, 9.17) is 4.74 Å². The Morgan fingerprint density at radius 1 is 1.41 bits per heavy atom. The number of ether oxygens (including phenoxy) is 1. The molecule has 2 aliphatic rings. The van der Waals surface area contributed by atoms with E-state index >= 15 is 0 Å². The van der Waals surface area contributed by atoms with E-state index in [9.17, 15) is 9.59 Å². The Balaban J connectivity index is 1.96. The highest BCUT2D eigenvalue weighted by Crippen LogP contribution is 2.26. The molecule has 0 saturated carbocycles. The molecule has 0 aromatic carbocycles. The third-order valence-corrected chi connectivity index (χ3v) is 3.58. The summed E-state index contributed by atoms with van der Waals surface area (Å²) in [5, 5.41) is 2.63. The third-order valence-electron chi connectivity index (χ3n) is 3.21. The summed E-state index contributed by atoms with van der Waals surface area (Å²) in [7, 11) is 0. The van der Waals surface area contributed by atoms with Gasteiger partial charge in [0, 0.05) is 25.8 Å². The van der Waals surface area contributed by atoms with E-state index in [-0.39, 0.29) is 24.0 Å². The number of thiol groups is 1. The van der Waals surface area contributed by atoms with Crippen LogP contribution in [0.4, 0.5) is 0 Å². The number of carbonyl (C=O) groups is 2. The van der Waals surface area contributed by atoms with Crippen LogP contribution in [0.25, 0.3) is 0 Å². The molecule has 0 spiro atoms. The van der Waals surface area contributed by atoms with Crippen LogP contribution in [0.2, 0.25) is 0 Å². The summed E-state index contributed by atoms with van der Waals surface area (Å²) in [5.74, 6) is 0.0782. The molecule has 2 amide bonds. The molecule has 1 N–H and O–H groups in total. The first-order chi connectivity index (χ1) is 8.10. The van der Waals surface area contributed by atoms with Gasteiger partial charge in [0.2, 0.25) is 11.8 Å². The molecule has 2 bridgehead atoms. The minimum atomic E-state index is -0.520. The van der Waals surface area contributed by atoms with Gasteiger partial charge in [0.15, 0.2) is 0 Å². The van der Waals surface area contributed by atoms with Gasteiger partial charge in [-0.15, -0.1) is 0 Å². The fourth-order valence-electron chi connectivity index (χ4n) is 2.45. The van der Waals surface area contributed by atoms with E-state index in [1.54, 1.807) is 4.90 Å². The van der Waals surface area contributed by atoms with Crippen LogP contribution < -0.4 is 5.32 Å². The highest BCUT2D eigenvalue weighted by atomic mass is 32.1. The van der Waals surface area contributed by atoms with Gasteiger partial charge in [-0.3, -0.25) is 9.59 Å². The molecule has 96 valence electrons. The number of nitrogens with zero attached hydrogens (tertiary/aromatic N) is 1. The maximum absolute atomic E-state index is 12.2. The molecule has 0 aromatic rings. The second-order valence-corrected chi connectivity index (χ2v) is 5.00. The molecular formula is C11H18N2O3S. The molecule has 3 atom stereocenters. The summed E-state index contributed by atoms with van der Waals surface area (Å²) in [6.45, 7) is 2.69. The molecule has 6 heteroatoms. The maximum atomic E-state index is 12.2. The van der Waals surface area contributed by atoms with Crippen LogP contribution in [-0.4, -0.2) is 53.8 Å². The van der Waals surface area contributed by atoms with Crippen molar-refractivity contribution >= 4 is 24.4 Å².